The first kappa shape index (κ1) is 32.1. The van der Waals surface area contributed by atoms with E-state index in [1.807, 2.05) is 30.3 Å². The predicted molar refractivity (Wildman–Crippen MR) is 227 cm³/mol. The van der Waals surface area contributed by atoms with Gasteiger partial charge in [-0.3, -0.25) is 0 Å². The van der Waals surface area contributed by atoms with E-state index in [9.17, 15) is 0 Å². The number of rotatable bonds is 6. The van der Waals surface area contributed by atoms with Crippen molar-refractivity contribution in [1.82, 2.24) is 15.0 Å². The zero-order valence-corrected chi connectivity index (χ0v) is 30.3. The third kappa shape index (κ3) is 5.60. The van der Waals surface area contributed by atoms with Crippen LogP contribution in [-0.2, 0) is 6.42 Å². The van der Waals surface area contributed by atoms with E-state index in [4.69, 9.17) is 23.8 Å². The van der Waals surface area contributed by atoms with Gasteiger partial charge in [-0.25, -0.2) is 15.0 Å². The van der Waals surface area contributed by atoms with Gasteiger partial charge in [0.25, 0.3) is 0 Å². The zero-order valence-electron chi connectivity index (χ0n) is 30.3. The summed E-state index contributed by atoms with van der Waals surface area (Å²) in [6.07, 6.45) is 6.12. The lowest BCUT2D eigenvalue weighted by atomic mass is 9.97. The van der Waals surface area contributed by atoms with Gasteiger partial charge in [-0.05, 0) is 88.7 Å². The molecule has 0 unspecified atom stereocenters. The van der Waals surface area contributed by atoms with E-state index >= 15 is 0 Å². The first-order valence-corrected chi connectivity index (χ1v) is 19.0. The number of aromatic nitrogens is 3. The Morgan fingerprint density at radius 1 is 0.393 bits per heavy atom. The van der Waals surface area contributed by atoms with Crippen molar-refractivity contribution in [1.29, 1.82) is 0 Å². The molecule has 56 heavy (non-hydrogen) atoms. The topological polar surface area (TPSA) is 65.0 Å². The van der Waals surface area contributed by atoms with Crippen LogP contribution in [0.15, 0.2) is 179 Å². The minimum atomic E-state index is 0.575. The second-order valence-corrected chi connectivity index (χ2v) is 14.3. The fourth-order valence-corrected chi connectivity index (χ4v) is 8.02. The summed E-state index contributed by atoms with van der Waals surface area (Å²) in [5.74, 6) is 2.68. The molecule has 0 aliphatic heterocycles. The highest BCUT2D eigenvalue weighted by Gasteiger charge is 2.22. The zero-order chi connectivity index (χ0) is 37.0. The van der Waals surface area contributed by atoms with Gasteiger partial charge >= 0.3 is 0 Å². The van der Waals surface area contributed by atoms with Crippen LogP contribution >= 0.6 is 0 Å². The second kappa shape index (κ2) is 13.2. The molecule has 0 saturated heterocycles. The molecule has 3 aromatic heterocycles. The first-order valence-electron chi connectivity index (χ1n) is 19.0. The molecule has 0 saturated carbocycles. The van der Waals surface area contributed by atoms with Crippen molar-refractivity contribution >= 4 is 39.0 Å². The lowest BCUT2D eigenvalue weighted by Crippen LogP contribution is -2.01. The molecule has 0 atom stereocenters. The summed E-state index contributed by atoms with van der Waals surface area (Å²) in [4.78, 5) is 15.5. The Kier molecular flexibility index (Phi) is 7.56. The molecular formula is C51H33N3O2. The van der Waals surface area contributed by atoms with Crippen LogP contribution in [0.25, 0.3) is 107 Å². The van der Waals surface area contributed by atoms with Crippen molar-refractivity contribution in [3.8, 4) is 67.5 Å². The molecule has 0 N–H and O–H groups in total. The summed E-state index contributed by atoms with van der Waals surface area (Å²) in [5.41, 5.74) is 13.3. The molecule has 0 fully saturated rings. The average Bonchev–Trinajstić information content (AvgIpc) is 3.85. The maximum Gasteiger partial charge on any atom is 0.164 e. The minimum absolute atomic E-state index is 0.575. The fourth-order valence-electron chi connectivity index (χ4n) is 8.02. The molecule has 5 heteroatoms. The molecule has 11 rings (SSSR count). The molecule has 7 aromatic carbocycles. The summed E-state index contributed by atoms with van der Waals surface area (Å²) in [6.45, 7) is 0. The molecule has 0 radical (unpaired) electrons. The number of hydrogen-bond acceptors (Lipinski definition) is 5. The van der Waals surface area contributed by atoms with Crippen molar-refractivity contribution in [3.63, 3.8) is 0 Å². The molecule has 10 aromatic rings. The number of nitrogens with zero attached hydrogens (tertiary/aromatic N) is 3. The fraction of sp³-hybridized carbons (Fsp3) is 0.0392. The molecule has 0 bridgehead atoms. The Bertz CT molecular complexity index is 3120. The van der Waals surface area contributed by atoms with Crippen LogP contribution in [0, 0.1) is 0 Å². The molecule has 5 nitrogen and oxygen atoms in total. The van der Waals surface area contributed by atoms with Gasteiger partial charge in [0.2, 0.25) is 0 Å². The van der Waals surface area contributed by atoms with E-state index in [-0.39, 0.29) is 0 Å². The molecule has 1 aliphatic rings. The maximum absolute atomic E-state index is 6.52. The number of allylic oxidation sites excluding steroid dienone is 1. The van der Waals surface area contributed by atoms with E-state index in [1.165, 1.54) is 16.7 Å². The third-order valence-electron chi connectivity index (χ3n) is 10.8. The van der Waals surface area contributed by atoms with Crippen molar-refractivity contribution < 1.29 is 8.83 Å². The van der Waals surface area contributed by atoms with Crippen molar-refractivity contribution in [2.75, 3.05) is 0 Å². The summed E-state index contributed by atoms with van der Waals surface area (Å²) in [7, 11) is 0. The Morgan fingerprint density at radius 3 is 1.64 bits per heavy atom. The third-order valence-corrected chi connectivity index (χ3v) is 10.8. The summed E-state index contributed by atoms with van der Waals surface area (Å²) in [6, 6.07) is 56.8. The normalized spacial score (nSPS) is 12.4. The van der Waals surface area contributed by atoms with Crippen LogP contribution in [0.5, 0.6) is 0 Å². The van der Waals surface area contributed by atoms with Crippen LogP contribution in [0.1, 0.15) is 17.7 Å². The number of furan rings is 2. The summed E-state index contributed by atoms with van der Waals surface area (Å²) < 4.78 is 12.8. The Balaban J connectivity index is 1.04. The SMILES string of the molecule is C1=Cc2oc3cccc(-c4nc(-c5ccc(-c6cccc(-c7ccccc7)c6)cc5)nc(-c5ccc6c(c5)oc5cc(-c7ccccc7)ccc56)n4)c3c2CC1. The van der Waals surface area contributed by atoms with Crippen molar-refractivity contribution in [2.24, 2.45) is 0 Å². The molecule has 1 aliphatic carbocycles. The molecule has 3 heterocycles. The first-order chi connectivity index (χ1) is 27.7. The minimum Gasteiger partial charge on any atom is -0.456 e. The van der Waals surface area contributed by atoms with E-state index in [2.05, 4.69) is 146 Å². The van der Waals surface area contributed by atoms with E-state index in [1.54, 1.807) is 0 Å². The van der Waals surface area contributed by atoms with Crippen LogP contribution in [0.2, 0.25) is 0 Å². The highest BCUT2D eigenvalue weighted by atomic mass is 16.3. The Morgan fingerprint density at radius 2 is 0.929 bits per heavy atom. The standard InChI is InChI=1S/C51H33N3O2/c1-3-11-32(12-4-1)36-15-9-16-37(29-36)34-21-23-35(24-22-34)49-52-50(54-51(53-49)43-18-10-20-45-48(43)42-17-7-8-19-44(42)55-45)39-26-28-41-40-27-25-38(33-13-5-2-6-14-33)30-46(40)56-47(41)31-39/h1-6,8-16,18-31H,7,17H2. The van der Waals surface area contributed by atoms with Gasteiger partial charge < -0.3 is 8.83 Å². The van der Waals surface area contributed by atoms with Crippen molar-refractivity contribution in [3.05, 3.63) is 181 Å². The quantitative estimate of drug-likeness (QED) is 0.171. The highest BCUT2D eigenvalue weighted by molar-refractivity contribution is 6.07. The van der Waals surface area contributed by atoms with Gasteiger partial charge in [0.1, 0.15) is 22.5 Å². The van der Waals surface area contributed by atoms with E-state index < -0.39 is 0 Å². The van der Waals surface area contributed by atoms with Gasteiger partial charge in [0.05, 0.1) is 0 Å². The molecular weight excluding hydrogens is 687 g/mol. The number of fused-ring (bicyclic) bond motifs is 6. The number of benzene rings is 7. The average molecular weight is 720 g/mol. The van der Waals surface area contributed by atoms with Crippen LogP contribution in [0.3, 0.4) is 0 Å². The van der Waals surface area contributed by atoms with Crippen LogP contribution < -0.4 is 0 Å². The van der Waals surface area contributed by atoms with Gasteiger partial charge in [-0.2, -0.15) is 0 Å². The molecule has 0 amide bonds. The summed E-state index contributed by atoms with van der Waals surface area (Å²) in [5, 5.41) is 3.18. The van der Waals surface area contributed by atoms with Gasteiger partial charge in [-0.1, -0.05) is 133 Å². The molecule has 0 spiro atoms. The predicted octanol–water partition coefficient (Wildman–Crippen LogP) is 13.5. The van der Waals surface area contributed by atoms with Gasteiger partial charge in [0, 0.05) is 38.4 Å². The van der Waals surface area contributed by atoms with Crippen LogP contribution in [0.4, 0.5) is 0 Å². The highest BCUT2D eigenvalue weighted by Crippen LogP contribution is 2.39. The number of aryl methyl sites for hydroxylation is 1. The smallest absolute Gasteiger partial charge is 0.164 e. The van der Waals surface area contributed by atoms with Crippen molar-refractivity contribution in [2.45, 2.75) is 12.8 Å². The Labute approximate surface area is 323 Å². The van der Waals surface area contributed by atoms with Crippen LogP contribution in [-0.4, -0.2) is 15.0 Å². The maximum atomic E-state index is 6.52. The monoisotopic (exact) mass is 719 g/mol. The largest absolute Gasteiger partial charge is 0.456 e. The second-order valence-electron chi connectivity index (χ2n) is 14.3. The number of hydrogen-bond donors (Lipinski definition) is 0. The van der Waals surface area contributed by atoms with Gasteiger partial charge in [-0.15, -0.1) is 0 Å². The van der Waals surface area contributed by atoms with E-state index in [0.29, 0.717) is 17.5 Å². The molecule has 264 valence electrons. The lowest BCUT2D eigenvalue weighted by Gasteiger charge is -2.11. The Hall–Kier alpha value is -7.37. The lowest BCUT2D eigenvalue weighted by molar-refractivity contribution is 0.595. The van der Waals surface area contributed by atoms with E-state index in [0.717, 1.165) is 90.5 Å². The van der Waals surface area contributed by atoms with Gasteiger partial charge in [0.15, 0.2) is 17.5 Å². The summed E-state index contributed by atoms with van der Waals surface area (Å²) >= 11 is 0.